The summed E-state index contributed by atoms with van der Waals surface area (Å²) in [6.07, 6.45) is 1.65. The first-order valence-electron chi connectivity index (χ1n) is 10.3. The van der Waals surface area contributed by atoms with E-state index in [0.717, 1.165) is 44.6 Å². The summed E-state index contributed by atoms with van der Waals surface area (Å²) in [6, 6.07) is 18.7. The summed E-state index contributed by atoms with van der Waals surface area (Å²) in [5, 5.41) is 2.11. The van der Waals surface area contributed by atoms with Gasteiger partial charge in [0.25, 0.3) is 0 Å². The lowest BCUT2D eigenvalue weighted by Crippen LogP contribution is -2.41. The van der Waals surface area contributed by atoms with Crippen LogP contribution in [0.3, 0.4) is 0 Å². The number of benzene rings is 2. The molecule has 0 N–H and O–H groups in total. The molecule has 0 radical (unpaired) electrons. The summed E-state index contributed by atoms with van der Waals surface area (Å²) in [6.45, 7) is 10.9. The molecule has 4 heteroatoms. The number of allylic oxidation sites excluding steroid dienone is 1. The third-order valence-corrected chi connectivity index (χ3v) is 5.76. The van der Waals surface area contributed by atoms with Crippen LogP contribution in [0.25, 0.3) is 27.8 Å². The van der Waals surface area contributed by atoms with Gasteiger partial charge in [-0.3, -0.25) is 0 Å². The largest absolute Gasteiger partial charge is 0.467 e. The minimum absolute atomic E-state index is 0.0841. The van der Waals surface area contributed by atoms with Gasteiger partial charge in [0.15, 0.2) is 6.23 Å². The number of hydrogen-bond acceptors (Lipinski definition) is 4. The average molecular weight is 399 g/mol. The van der Waals surface area contributed by atoms with Crippen LogP contribution < -0.4 is 4.90 Å². The zero-order valence-corrected chi connectivity index (χ0v) is 18.1. The molecule has 0 saturated heterocycles. The predicted molar refractivity (Wildman–Crippen MR) is 122 cm³/mol. The molecule has 3 heterocycles. The second kappa shape index (κ2) is 6.63. The van der Waals surface area contributed by atoms with E-state index in [1.165, 1.54) is 0 Å². The Morgan fingerprint density at radius 1 is 0.933 bits per heavy atom. The van der Waals surface area contributed by atoms with Crippen molar-refractivity contribution in [3.8, 4) is 0 Å². The normalized spacial score (nSPS) is 17.2. The molecule has 2 aromatic carbocycles. The Balaban J connectivity index is 1.73. The minimum atomic E-state index is -0.111. The number of pyridine rings is 1. The van der Waals surface area contributed by atoms with E-state index in [9.17, 15) is 0 Å². The van der Waals surface area contributed by atoms with Gasteiger partial charge in [0.05, 0.1) is 5.70 Å². The molecule has 1 aliphatic heterocycles. The van der Waals surface area contributed by atoms with E-state index in [2.05, 4.69) is 87.0 Å². The number of ether oxygens (including phenoxy) is 1. The van der Waals surface area contributed by atoms with Crippen molar-refractivity contribution in [1.82, 2.24) is 4.98 Å². The second-order valence-corrected chi connectivity index (χ2v) is 9.08. The van der Waals surface area contributed by atoms with Crippen LogP contribution in [0, 0.1) is 12.3 Å². The molecule has 0 saturated carbocycles. The third-order valence-electron chi connectivity index (χ3n) is 5.76. The Bertz CT molecular complexity index is 1280. The standard InChI is InChI=1S/C26H26N2O2/c1-16-14-22-20(19-12-9-13-27-24(19)29-22)15-21(16)28-17(2)23(18-10-7-6-8-11-18)30-25(28)26(3,4)5/h6-15,25H,1-5H3. The number of furan rings is 1. The molecule has 5 rings (SSSR count). The van der Waals surface area contributed by atoms with Crippen LogP contribution in [0.2, 0.25) is 0 Å². The van der Waals surface area contributed by atoms with Crippen molar-refractivity contribution in [3.63, 3.8) is 0 Å². The number of fused-ring (bicyclic) bond motifs is 3. The smallest absolute Gasteiger partial charge is 0.227 e. The molecule has 1 atom stereocenters. The first kappa shape index (κ1) is 18.7. The van der Waals surface area contributed by atoms with E-state index in [1.54, 1.807) is 6.20 Å². The van der Waals surface area contributed by atoms with E-state index >= 15 is 0 Å². The lowest BCUT2D eigenvalue weighted by molar-refractivity contribution is 0.0807. The van der Waals surface area contributed by atoms with Crippen molar-refractivity contribution in [2.24, 2.45) is 5.41 Å². The number of aromatic nitrogens is 1. The summed E-state index contributed by atoms with van der Waals surface area (Å²) in [5.74, 6) is 0.939. The minimum Gasteiger partial charge on any atom is -0.467 e. The fourth-order valence-corrected chi connectivity index (χ4v) is 4.28. The highest BCUT2D eigenvalue weighted by Gasteiger charge is 2.41. The number of hydrogen-bond donors (Lipinski definition) is 0. The van der Waals surface area contributed by atoms with Crippen molar-refractivity contribution in [2.75, 3.05) is 4.90 Å². The molecule has 30 heavy (non-hydrogen) atoms. The number of rotatable bonds is 2. The van der Waals surface area contributed by atoms with Crippen molar-refractivity contribution in [1.29, 1.82) is 0 Å². The fraction of sp³-hybridized carbons (Fsp3) is 0.269. The molecular weight excluding hydrogens is 372 g/mol. The lowest BCUT2D eigenvalue weighted by Gasteiger charge is -2.36. The molecule has 2 aromatic heterocycles. The van der Waals surface area contributed by atoms with Crippen LogP contribution >= 0.6 is 0 Å². The Morgan fingerprint density at radius 3 is 2.43 bits per heavy atom. The van der Waals surface area contributed by atoms with Crippen molar-refractivity contribution in [2.45, 2.75) is 40.8 Å². The summed E-state index contributed by atoms with van der Waals surface area (Å²) in [7, 11) is 0. The maximum atomic E-state index is 6.60. The van der Waals surface area contributed by atoms with Crippen molar-refractivity contribution < 1.29 is 9.15 Å². The topological polar surface area (TPSA) is 38.5 Å². The maximum Gasteiger partial charge on any atom is 0.227 e. The van der Waals surface area contributed by atoms with Crippen molar-refractivity contribution >= 4 is 33.5 Å². The maximum absolute atomic E-state index is 6.60. The van der Waals surface area contributed by atoms with Gasteiger partial charge in [0.2, 0.25) is 5.71 Å². The third kappa shape index (κ3) is 2.86. The first-order valence-corrected chi connectivity index (χ1v) is 10.3. The zero-order chi connectivity index (χ0) is 21.0. The van der Waals surface area contributed by atoms with E-state index in [0.29, 0.717) is 5.71 Å². The molecule has 0 bridgehead atoms. The fourth-order valence-electron chi connectivity index (χ4n) is 4.28. The second-order valence-electron chi connectivity index (χ2n) is 9.08. The molecular formula is C26H26N2O2. The predicted octanol–water partition coefficient (Wildman–Crippen LogP) is 6.89. The highest BCUT2D eigenvalue weighted by Crippen LogP contribution is 2.45. The van der Waals surface area contributed by atoms with Crippen LogP contribution in [0.15, 0.2) is 70.9 Å². The van der Waals surface area contributed by atoms with Gasteiger partial charge in [-0.15, -0.1) is 0 Å². The summed E-state index contributed by atoms with van der Waals surface area (Å²) >= 11 is 0. The summed E-state index contributed by atoms with van der Waals surface area (Å²) in [4.78, 5) is 6.72. The molecule has 1 aliphatic rings. The number of nitrogens with zero attached hydrogens (tertiary/aromatic N) is 2. The highest BCUT2D eigenvalue weighted by atomic mass is 16.5. The van der Waals surface area contributed by atoms with Gasteiger partial charge in [-0.05, 0) is 43.7 Å². The molecule has 0 fully saturated rings. The zero-order valence-electron chi connectivity index (χ0n) is 18.1. The van der Waals surface area contributed by atoms with Crippen LogP contribution in [-0.4, -0.2) is 11.2 Å². The van der Waals surface area contributed by atoms with E-state index in [-0.39, 0.29) is 11.6 Å². The molecule has 4 aromatic rings. The highest BCUT2D eigenvalue weighted by molar-refractivity contribution is 6.05. The molecule has 1 unspecified atom stereocenters. The Kier molecular flexibility index (Phi) is 4.14. The lowest BCUT2D eigenvalue weighted by atomic mass is 9.92. The van der Waals surface area contributed by atoms with Gasteiger partial charge in [-0.1, -0.05) is 51.1 Å². The van der Waals surface area contributed by atoms with Gasteiger partial charge in [-0.2, -0.15) is 0 Å². The van der Waals surface area contributed by atoms with Crippen LogP contribution in [0.1, 0.15) is 38.8 Å². The molecule has 0 spiro atoms. The quantitative estimate of drug-likeness (QED) is 0.369. The Hall–Kier alpha value is -3.27. The Labute approximate surface area is 176 Å². The number of anilines is 1. The first-order chi connectivity index (χ1) is 14.3. The molecule has 0 amide bonds. The van der Waals surface area contributed by atoms with Gasteiger partial charge in [0.1, 0.15) is 11.3 Å². The van der Waals surface area contributed by atoms with Gasteiger partial charge in [-0.25, -0.2) is 4.98 Å². The van der Waals surface area contributed by atoms with E-state index in [4.69, 9.17) is 9.15 Å². The summed E-state index contributed by atoms with van der Waals surface area (Å²) < 4.78 is 12.6. The molecule has 152 valence electrons. The van der Waals surface area contributed by atoms with Crippen LogP contribution in [0.4, 0.5) is 5.69 Å². The van der Waals surface area contributed by atoms with Gasteiger partial charge in [0, 0.05) is 33.6 Å². The SMILES string of the molecule is CC1=C(c2ccccc2)OC(C(C)(C)C)N1c1cc2c(cc1C)oc1ncccc12. The van der Waals surface area contributed by atoms with Gasteiger partial charge >= 0.3 is 0 Å². The number of aryl methyl sites for hydroxylation is 1. The Morgan fingerprint density at radius 2 is 1.70 bits per heavy atom. The summed E-state index contributed by atoms with van der Waals surface area (Å²) in [5.41, 5.74) is 5.95. The van der Waals surface area contributed by atoms with Crippen LogP contribution in [0.5, 0.6) is 0 Å². The average Bonchev–Trinajstić information content (AvgIpc) is 3.25. The monoisotopic (exact) mass is 398 g/mol. The van der Waals surface area contributed by atoms with E-state index in [1.807, 2.05) is 12.1 Å². The van der Waals surface area contributed by atoms with E-state index < -0.39 is 0 Å². The molecule has 0 aliphatic carbocycles. The molecule has 4 nitrogen and oxygen atoms in total. The van der Waals surface area contributed by atoms with Gasteiger partial charge < -0.3 is 14.1 Å². The van der Waals surface area contributed by atoms with Crippen LogP contribution in [-0.2, 0) is 4.74 Å². The van der Waals surface area contributed by atoms with Crippen molar-refractivity contribution in [3.05, 3.63) is 77.6 Å².